The summed E-state index contributed by atoms with van der Waals surface area (Å²) in [6, 6.07) is 0. The van der Waals surface area contributed by atoms with E-state index in [0.29, 0.717) is 29.5 Å². The molecule has 4 nitrogen and oxygen atoms in total. The number of likely N-dealkylation sites (tertiary alicyclic amines) is 1. The van der Waals surface area contributed by atoms with Crippen LogP contribution in [0.3, 0.4) is 0 Å². The van der Waals surface area contributed by atoms with Crippen molar-refractivity contribution in [1.29, 1.82) is 0 Å². The van der Waals surface area contributed by atoms with Gasteiger partial charge in [0.2, 0.25) is 0 Å². The Morgan fingerprint density at radius 3 is 2.59 bits per heavy atom. The first kappa shape index (κ1) is 22.6. The van der Waals surface area contributed by atoms with E-state index in [0.717, 1.165) is 56.3 Å². The van der Waals surface area contributed by atoms with E-state index in [1.54, 1.807) is 6.92 Å². The highest BCUT2D eigenvalue weighted by Gasteiger charge is 2.59. The van der Waals surface area contributed by atoms with E-state index in [-0.39, 0.29) is 17.5 Å². The number of rotatable bonds is 5. The van der Waals surface area contributed by atoms with Crippen LogP contribution in [0.15, 0.2) is 11.6 Å². The van der Waals surface area contributed by atoms with Crippen LogP contribution in [-0.4, -0.2) is 42.4 Å². The molecule has 0 aromatic heterocycles. The zero-order chi connectivity index (χ0) is 22.5. The molecule has 178 valence electrons. The lowest BCUT2D eigenvalue weighted by Crippen LogP contribution is -2.54. The van der Waals surface area contributed by atoms with Gasteiger partial charge in [0.25, 0.3) is 0 Å². The van der Waals surface area contributed by atoms with Crippen molar-refractivity contribution < 1.29 is 14.3 Å². The van der Waals surface area contributed by atoms with Crippen LogP contribution in [0.2, 0.25) is 0 Å². The van der Waals surface area contributed by atoms with Crippen molar-refractivity contribution >= 4 is 11.8 Å². The molecule has 0 spiro atoms. The molecule has 0 aromatic rings. The number of hydrogen-bond donors (Lipinski definition) is 0. The number of carbonyl (C=O) groups excluding carboxylic acids is 2. The molecular weight excluding hydrogens is 398 g/mol. The number of ketones is 1. The third-order valence-corrected chi connectivity index (χ3v) is 10.7. The lowest BCUT2D eigenvalue weighted by atomic mass is 9.44. The molecule has 5 rings (SSSR count). The molecule has 0 bridgehead atoms. The van der Waals surface area contributed by atoms with Crippen LogP contribution < -0.4 is 0 Å². The molecule has 3 saturated carbocycles. The lowest BCUT2D eigenvalue weighted by molar-refractivity contribution is -0.161. The molecule has 4 heteroatoms. The van der Waals surface area contributed by atoms with Crippen molar-refractivity contribution in [3.63, 3.8) is 0 Å². The fourth-order valence-corrected chi connectivity index (χ4v) is 8.94. The monoisotopic (exact) mass is 441 g/mol. The molecule has 0 radical (unpaired) electrons. The van der Waals surface area contributed by atoms with E-state index in [4.69, 9.17) is 4.74 Å². The summed E-state index contributed by atoms with van der Waals surface area (Å²) in [5.74, 6) is 3.16. The van der Waals surface area contributed by atoms with Gasteiger partial charge in [0.15, 0.2) is 5.78 Å². The second-order valence-corrected chi connectivity index (χ2v) is 12.2. The van der Waals surface area contributed by atoms with Crippen LogP contribution in [0, 0.1) is 34.5 Å². The summed E-state index contributed by atoms with van der Waals surface area (Å²) in [4.78, 5) is 27.2. The molecule has 32 heavy (non-hydrogen) atoms. The summed E-state index contributed by atoms with van der Waals surface area (Å²) in [6.45, 7) is 9.84. The highest BCUT2D eigenvalue weighted by molar-refractivity contribution is 5.95. The van der Waals surface area contributed by atoms with Gasteiger partial charge in [0.05, 0.1) is 6.42 Å². The third-order valence-electron chi connectivity index (χ3n) is 10.7. The number of nitrogens with zero attached hydrogens (tertiary/aromatic N) is 1. The average molecular weight is 442 g/mol. The molecule has 0 N–H and O–H groups in total. The average Bonchev–Trinajstić information content (AvgIpc) is 3.39. The molecule has 1 saturated heterocycles. The molecule has 5 aliphatic rings. The summed E-state index contributed by atoms with van der Waals surface area (Å²) >= 11 is 0. The molecule has 7 atom stereocenters. The predicted octanol–water partition coefficient (Wildman–Crippen LogP) is 5.55. The van der Waals surface area contributed by atoms with E-state index < -0.39 is 0 Å². The maximum Gasteiger partial charge on any atom is 0.307 e. The van der Waals surface area contributed by atoms with Crippen molar-refractivity contribution in [2.45, 2.75) is 97.5 Å². The van der Waals surface area contributed by atoms with Crippen LogP contribution in [-0.2, 0) is 14.3 Å². The SMILES string of the molecule is CC(=O)C1=CC[C@@H]2[C@H]3CC[C@H]4C[C@@H](OC(=O)CCN5CCCC5)CC[C@]4(C)[C@@H]3CC[C@]12C. The second kappa shape index (κ2) is 8.56. The van der Waals surface area contributed by atoms with Crippen LogP contribution in [0.1, 0.15) is 91.4 Å². The Bertz CT molecular complexity index is 784. The molecule has 4 fully saturated rings. The summed E-state index contributed by atoms with van der Waals surface area (Å²) < 4.78 is 6.00. The van der Waals surface area contributed by atoms with Gasteiger partial charge in [-0.2, -0.15) is 0 Å². The fourth-order valence-electron chi connectivity index (χ4n) is 8.94. The van der Waals surface area contributed by atoms with Crippen LogP contribution in [0.5, 0.6) is 0 Å². The molecule has 0 amide bonds. The Labute approximate surface area is 194 Å². The highest BCUT2D eigenvalue weighted by atomic mass is 16.5. The van der Waals surface area contributed by atoms with Crippen molar-refractivity contribution in [3.05, 3.63) is 11.6 Å². The Kier molecular flexibility index (Phi) is 6.05. The topological polar surface area (TPSA) is 46.6 Å². The van der Waals surface area contributed by atoms with Gasteiger partial charge >= 0.3 is 5.97 Å². The number of fused-ring (bicyclic) bond motifs is 5. The Hall–Kier alpha value is -1.16. The van der Waals surface area contributed by atoms with Crippen LogP contribution in [0.25, 0.3) is 0 Å². The van der Waals surface area contributed by atoms with Crippen molar-refractivity contribution in [2.24, 2.45) is 34.5 Å². The number of esters is 1. The summed E-state index contributed by atoms with van der Waals surface area (Å²) in [7, 11) is 0. The quantitative estimate of drug-likeness (QED) is 0.525. The summed E-state index contributed by atoms with van der Waals surface area (Å²) in [5, 5.41) is 0. The van der Waals surface area contributed by atoms with Crippen LogP contribution in [0.4, 0.5) is 0 Å². The number of carbonyl (C=O) groups is 2. The first-order valence-corrected chi connectivity index (χ1v) is 13.4. The number of allylic oxidation sites excluding steroid dienone is 2. The van der Waals surface area contributed by atoms with E-state index in [9.17, 15) is 9.59 Å². The second-order valence-electron chi connectivity index (χ2n) is 12.2. The summed E-state index contributed by atoms with van der Waals surface area (Å²) in [6.07, 6.45) is 14.9. The Balaban J connectivity index is 1.20. The minimum atomic E-state index is 0.0152. The van der Waals surface area contributed by atoms with E-state index in [1.165, 1.54) is 44.9 Å². The zero-order valence-electron chi connectivity index (χ0n) is 20.5. The molecule has 1 heterocycles. The van der Waals surface area contributed by atoms with Gasteiger partial charge in [-0.25, -0.2) is 0 Å². The molecule has 0 aromatic carbocycles. The third kappa shape index (κ3) is 3.79. The molecule has 4 aliphatic carbocycles. The highest BCUT2D eigenvalue weighted by Crippen LogP contribution is 2.66. The molecule has 1 aliphatic heterocycles. The lowest BCUT2D eigenvalue weighted by Gasteiger charge is -2.60. The number of ether oxygens (including phenoxy) is 1. The number of hydrogen-bond acceptors (Lipinski definition) is 4. The first-order chi connectivity index (χ1) is 15.3. The zero-order valence-corrected chi connectivity index (χ0v) is 20.5. The van der Waals surface area contributed by atoms with E-state index in [1.807, 2.05) is 0 Å². The smallest absolute Gasteiger partial charge is 0.307 e. The minimum Gasteiger partial charge on any atom is -0.462 e. The maximum absolute atomic E-state index is 12.5. The maximum atomic E-state index is 12.5. The Morgan fingerprint density at radius 1 is 1.06 bits per heavy atom. The predicted molar refractivity (Wildman–Crippen MR) is 126 cm³/mol. The van der Waals surface area contributed by atoms with Gasteiger partial charge in [0, 0.05) is 6.54 Å². The van der Waals surface area contributed by atoms with Gasteiger partial charge in [-0.1, -0.05) is 19.9 Å². The van der Waals surface area contributed by atoms with Gasteiger partial charge in [-0.05, 0) is 124 Å². The Morgan fingerprint density at radius 2 is 1.84 bits per heavy atom. The fraction of sp³-hybridized carbons (Fsp3) is 0.857. The largest absolute Gasteiger partial charge is 0.462 e. The minimum absolute atomic E-state index is 0.0152. The summed E-state index contributed by atoms with van der Waals surface area (Å²) in [5.41, 5.74) is 1.61. The van der Waals surface area contributed by atoms with Crippen molar-refractivity contribution in [2.75, 3.05) is 19.6 Å². The van der Waals surface area contributed by atoms with Crippen molar-refractivity contribution in [1.82, 2.24) is 4.90 Å². The molecule has 0 unspecified atom stereocenters. The normalized spacial score (nSPS) is 43.7. The van der Waals surface area contributed by atoms with Gasteiger partial charge < -0.3 is 9.64 Å². The van der Waals surface area contributed by atoms with E-state index in [2.05, 4.69) is 24.8 Å². The standard InChI is InChI=1S/C28H43NO3/c1-19(30)23-8-9-24-22-7-6-20-18-21(32-26(31)12-17-29-15-4-5-16-29)10-13-27(20,2)25(22)11-14-28(23,24)3/h8,20-22,24-25H,4-7,9-18H2,1-3H3/t20-,21-,22+,24+,25+,27-,28+/m0/s1. The van der Waals surface area contributed by atoms with E-state index >= 15 is 0 Å². The van der Waals surface area contributed by atoms with Gasteiger partial charge in [0.1, 0.15) is 6.10 Å². The van der Waals surface area contributed by atoms with Crippen molar-refractivity contribution in [3.8, 4) is 0 Å². The molecular formula is C28H43NO3. The van der Waals surface area contributed by atoms with Crippen LogP contribution >= 0.6 is 0 Å². The van der Waals surface area contributed by atoms with Gasteiger partial charge in [-0.3, -0.25) is 9.59 Å². The van der Waals surface area contributed by atoms with Gasteiger partial charge in [-0.15, -0.1) is 0 Å². The first-order valence-electron chi connectivity index (χ1n) is 13.4. The number of Topliss-reactive ketones (excluding diaryl/α,β-unsaturated/α-hetero) is 1.